The highest BCUT2D eigenvalue weighted by molar-refractivity contribution is 7.92. The van der Waals surface area contributed by atoms with Crippen LogP contribution in [0.15, 0.2) is 47.6 Å². The van der Waals surface area contributed by atoms with E-state index in [1.165, 1.54) is 23.3 Å². The quantitative estimate of drug-likeness (QED) is 0.346. The van der Waals surface area contributed by atoms with Crippen LogP contribution in [-0.2, 0) is 17.6 Å². The lowest BCUT2D eigenvalue weighted by Gasteiger charge is -2.22. The number of rotatable bonds is 2. The Labute approximate surface area is 142 Å². The van der Waals surface area contributed by atoms with Gasteiger partial charge in [0.05, 0.1) is 6.54 Å². The van der Waals surface area contributed by atoms with E-state index in [-0.39, 0.29) is 28.8 Å². The smallest absolute Gasteiger partial charge is 0.148 e. The summed E-state index contributed by atoms with van der Waals surface area (Å²) >= 11 is -1.20. The van der Waals surface area contributed by atoms with Crippen LogP contribution in [0.1, 0.15) is 39.8 Å². The van der Waals surface area contributed by atoms with E-state index in [0.717, 1.165) is 17.5 Å². The fourth-order valence-corrected chi connectivity index (χ4v) is 6.11. The van der Waals surface area contributed by atoms with Crippen LogP contribution in [0, 0.1) is 5.82 Å². The second-order valence-electron chi connectivity index (χ2n) is 6.35. The molecule has 6 heteroatoms. The van der Waals surface area contributed by atoms with Crippen LogP contribution in [0.3, 0.4) is 0 Å². The van der Waals surface area contributed by atoms with Gasteiger partial charge in [0.25, 0.3) is 0 Å². The van der Waals surface area contributed by atoms with Gasteiger partial charge >= 0.3 is 0 Å². The van der Waals surface area contributed by atoms with E-state index in [1.807, 2.05) is 18.2 Å². The van der Waals surface area contributed by atoms with Gasteiger partial charge in [-0.3, -0.25) is 0 Å². The standard InChI is InChI=1S/C18H16FN3OS/c19-13-6-5-12-7-11-3-1-2-4-15(11)17-9-14(10-21-22-20)24(23)18(17)16(12)8-13/h1-6,8,14,17-18H,7,9-10H2/t14-,17-,18-,24+/m1/s1. The topological polar surface area (TPSA) is 71.8 Å². The van der Waals surface area contributed by atoms with Gasteiger partial charge in [0.15, 0.2) is 0 Å². The lowest BCUT2D eigenvalue weighted by molar-refractivity contribution is 0.579. The molecule has 24 heavy (non-hydrogen) atoms. The number of benzene rings is 2. The van der Waals surface area contributed by atoms with Crippen molar-refractivity contribution in [2.75, 3.05) is 6.54 Å². The highest BCUT2D eigenvalue weighted by atomic mass is 32.2. The molecular weight excluding hydrogens is 325 g/mol. The zero-order valence-corrected chi connectivity index (χ0v) is 13.7. The van der Waals surface area contributed by atoms with Gasteiger partial charge in [0, 0.05) is 22.8 Å². The highest BCUT2D eigenvalue weighted by Gasteiger charge is 2.49. The van der Waals surface area contributed by atoms with E-state index < -0.39 is 11.2 Å². The van der Waals surface area contributed by atoms with Crippen molar-refractivity contribution in [2.45, 2.75) is 29.3 Å². The normalized spacial score (nSPS) is 27.4. The molecule has 0 bridgehead atoms. The van der Waals surface area contributed by atoms with Crippen LogP contribution >= 0.6 is 0 Å². The summed E-state index contributed by atoms with van der Waals surface area (Å²) in [6.07, 6.45) is 1.43. The van der Waals surface area contributed by atoms with Crippen LogP contribution in [0.2, 0.25) is 0 Å². The summed E-state index contributed by atoms with van der Waals surface area (Å²) in [5.74, 6) is -0.224. The Morgan fingerprint density at radius 2 is 2.00 bits per heavy atom. The summed E-state index contributed by atoms with van der Waals surface area (Å²) < 4.78 is 27.0. The summed E-state index contributed by atoms with van der Waals surface area (Å²) in [6, 6.07) is 13.0. The molecule has 122 valence electrons. The molecule has 4 rings (SSSR count). The average Bonchev–Trinajstić information content (AvgIpc) is 2.84. The number of fused-ring (bicyclic) bond motifs is 5. The third-order valence-electron chi connectivity index (χ3n) is 5.06. The minimum Gasteiger partial charge on any atom is -0.616 e. The molecule has 0 amide bonds. The van der Waals surface area contributed by atoms with Crippen molar-refractivity contribution in [2.24, 2.45) is 5.11 Å². The molecule has 1 aliphatic heterocycles. The molecule has 0 saturated carbocycles. The van der Waals surface area contributed by atoms with Crippen molar-refractivity contribution in [3.8, 4) is 0 Å². The fraction of sp³-hybridized carbons (Fsp3) is 0.333. The minimum atomic E-state index is -1.20. The maximum atomic E-state index is 13.9. The monoisotopic (exact) mass is 341 g/mol. The van der Waals surface area contributed by atoms with E-state index in [1.54, 1.807) is 0 Å². The molecule has 0 unspecified atom stereocenters. The maximum absolute atomic E-state index is 13.9. The lowest BCUT2D eigenvalue weighted by atomic mass is 9.87. The molecule has 0 spiro atoms. The summed E-state index contributed by atoms with van der Waals surface area (Å²) in [7, 11) is 0. The number of nitrogens with zero attached hydrogens (tertiary/aromatic N) is 3. The van der Waals surface area contributed by atoms with E-state index in [2.05, 4.69) is 22.2 Å². The summed E-state index contributed by atoms with van der Waals surface area (Å²) in [5, 5.41) is 3.21. The predicted molar refractivity (Wildman–Crippen MR) is 91.7 cm³/mol. The Morgan fingerprint density at radius 3 is 2.83 bits per heavy atom. The summed E-state index contributed by atoms with van der Waals surface area (Å²) in [4.78, 5) is 2.80. The lowest BCUT2D eigenvalue weighted by Crippen LogP contribution is -2.21. The Morgan fingerprint density at radius 1 is 1.21 bits per heavy atom. The molecule has 1 heterocycles. The number of hydrogen-bond acceptors (Lipinski definition) is 2. The van der Waals surface area contributed by atoms with Crippen molar-refractivity contribution < 1.29 is 8.94 Å². The molecule has 4 atom stereocenters. The van der Waals surface area contributed by atoms with E-state index in [4.69, 9.17) is 5.53 Å². The zero-order valence-electron chi connectivity index (χ0n) is 12.9. The number of hydrogen-bond donors (Lipinski definition) is 0. The third-order valence-corrected chi connectivity index (χ3v) is 7.14. The first-order valence-electron chi connectivity index (χ1n) is 7.95. The molecule has 0 radical (unpaired) electrons. The fourth-order valence-electron chi connectivity index (χ4n) is 4.03. The van der Waals surface area contributed by atoms with Gasteiger partial charge < -0.3 is 4.55 Å². The number of azide groups is 1. The molecule has 0 N–H and O–H groups in total. The highest BCUT2D eigenvalue weighted by Crippen LogP contribution is 2.53. The summed E-state index contributed by atoms with van der Waals surface area (Å²) in [6.45, 7) is 0.225. The van der Waals surface area contributed by atoms with Gasteiger partial charge in [-0.1, -0.05) is 35.4 Å². The minimum absolute atomic E-state index is 0.0731. The van der Waals surface area contributed by atoms with Crippen LogP contribution in [-0.4, -0.2) is 16.3 Å². The zero-order chi connectivity index (χ0) is 16.7. The van der Waals surface area contributed by atoms with E-state index in [0.29, 0.717) is 6.42 Å². The van der Waals surface area contributed by atoms with Crippen molar-refractivity contribution in [1.82, 2.24) is 0 Å². The number of halogens is 1. The molecule has 2 aliphatic rings. The second-order valence-corrected chi connectivity index (χ2v) is 8.18. The summed E-state index contributed by atoms with van der Waals surface area (Å²) in [5.41, 5.74) is 12.9. The van der Waals surface area contributed by atoms with Crippen molar-refractivity contribution >= 4 is 11.2 Å². The Balaban J connectivity index is 1.86. The molecule has 1 saturated heterocycles. The van der Waals surface area contributed by atoms with E-state index >= 15 is 0 Å². The molecule has 2 aromatic carbocycles. The Hall–Kier alpha value is -2.01. The largest absolute Gasteiger partial charge is 0.616 e. The van der Waals surface area contributed by atoms with Crippen molar-refractivity contribution in [3.63, 3.8) is 0 Å². The van der Waals surface area contributed by atoms with Crippen LogP contribution in [0.5, 0.6) is 0 Å². The van der Waals surface area contributed by atoms with Crippen molar-refractivity contribution in [1.29, 1.82) is 0 Å². The van der Waals surface area contributed by atoms with Gasteiger partial charge in [-0.05, 0) is 52.0 Å². The molecule has 2 aromatic rings. The molecule has 0 aromatic heterocycles. The average molecular weight is 341 g/mol. The van der Waals surface area contributed by atoms with Gasteiger partial charge in [-0.15, -0.1) is 0 Å². The maximum Gasteiger partial charge on any atom is 0.148 e. The first-order valence-corrected chi connectivity index (χ1v) is 9.23. The van der Waals surface area contributed by atoms with Gasteiger partial charge in [-0.2, -0.15) is 0 Å². The third kappa shape index (κ3) is 2.47. The second kappa shape index (κ2) is 6.13. The van der Waals surface area contributed by atoms with Gasteiger partial charge in [0.2, 0.25) is 0 Å². The Bertz CT molecular complexity index is 837. The first-order chi connectivity index (χ1) is 11.7. The van der Waals surface area contributed by atoms with Gasteiger partial charge in [-0.25, -0.2) is 4.39 Å². The van der Waals surface area contributed by atoms with E-state index in [9.17, 15) is 8.94 Å². The first kappa shape index (κ1) is 15.5. The SMILES string of the molecule is [N-]=[N+]=NC[C@H]1C[C@@H]2c3ccccc3Cc3ccc(F)cc3[C@H]2[S@@+]1[O-]. The van der Waals surface area contributed by atoms with Gasteiger partial charge in [0.1, 0.15) is 16.3 Å². The molecular formula is C18H16FN3OS. The van der Waals surface area contributed by atoms with Crippen molar-refractivity contribution in [3.05, 3.63) is 81.0 Å². The molecule has 1 aliphatic carbocycles. The van der Waals surface area contributed by atoms with Crippen LogP contribution < -0.4 is 0 Å². The van der Waals surface area contributed by atoms with Crippen LogP contribution in [0.4, 0.5) is 4.39 Å². The predicted octanol–water partition coefficient (Wildman–Crippen LogP) is 4.39. The molecule has 1 fully saturated rings. The Kier molecular flexibility index (Phi) is 3.96. The van der Waals surface area contributed by atoms with Crippen LogP contribution in [0.25, 0.3) is 10.4 Å². The molecule has 4 nitrogen and oxygen atoms in total.